The summed E-state index contributed by atoms with van der Waals surface area (Å²) < 4.78 is 41.8. The molecule has 1 aliphatic rings. The highest BCUT2D eigenvalue weighted by atomic mass is 19.4. The quantitative estimate of drug-likeness (QED) is 0.754. The van der Waals surface area contributed by atoms with Crippen LogP contribution in [0.15, 0.2) is 28.8 Å². The largest absolute Gasteiger partial charge is 0.471 e. The molecule has 0 spiro atoms. The van der Waals surface area contributed by atoms with Crippen molar-refractivity contribution >= 4 is 6.03 Å². The van der Waals surface area contributed by atoms with E-state index < -0.39 is 23.5 Å². The summed E-state index contributed by atoms with van der Waals surface area (Å²) in [4.78, 5) is 20.6. The van der Waals surface area contributed by atoms with E-state index in [9.17, 15) is 18.0 Å². The van der Waals surface area contributed by atoms with E-state index in [1.165, 1.54) is 19.2 Å². The van der Waals surface area contributed by atoms with E-state index in [1.54, 1.807) is 12.1 Å². The Balaban J connectivity index is 1.61. The number of urea groups is 1. The zero-order chi connectivity index (χ0) is 20.4. The Labute approximate surface area is 157 Å². The Morgan fingerprint density at radius 1 is 1.39 bits per heavy atom. The molecule has 1 aromatic heterocycles. The van der Waals surface area contributed by atoms with Crippen molar-refractivity contribution in [2.24, 2.45) is 5.41 Å². The van der Waals surface area contributed by atoms with Crippen LogP contribution >= 0.6 is 0 Å². The third-order valence-electron chi connectivity index (χ3n) is 4.32. The number of nitrogens with one attached hydrogen (secondary N) is 1. The lowest BCUT2D eigenvalue weighted by atomic mass is 10.1. The minimum atomic E-state index is -4.71. The van der Waals surface area contributed by atoms with Gasteiger partial charge in [-0.25, -0.2) is 4.79 Å². The Morgan fingerprint density at radius 2 is 2.07 bits per heavy atom. The number of aromatic nitrogens is 2. The number of benzene rings is 1. The minimum absolute atomic E-state index is 0.0994. The van der Waals surface area contributed by atoms with Crippen molar-refractivity contribution in [1.82, 2.24) is 20.5 Å². The summed E-state index contributed by atoms with van der Waals surface area (Å²) in [5.74, 6) is -1.61. The SMILES string of the molecule is CON(Cc1ccc(-c2noc(C(F)(F)F)n2)cc1)C(=O)NCC1(C#N)CC1. The average molecular weight is 395 g/mol. The van der Waals surface area contributed by atoms with Gasteiger partial charge < -0.3 is 9.84 Å². The molecule has 1 fully saturated rings. The number of carbonyl (C=O) groups excluding carboxylic acids is 1. The standard InChI is InChI=1S/C17H16F3N5O3/c1-27-25(15(26)22-10-16(9-21)6-7-16)8-11-2-4-12(5-3-11)13-23-14(28-24-13)17(18,19)20/h2-5H,6-8,10H2,1H3,(H,22,26). The zero-order valence-corrected chi connectivity index (χ0v) is 14.8. The lowest BCUT2D eigenvalue weighted by molar-refractivity contribution is -0.159. The molecule has 0 aliphatic heterocycles. The molecule has 2 aromatic rings. The number of halogens is 3. The highest BCUT2D eigenvalue weighted by Crippen LogP contribution is 2.44. The van der Waals surface area contributed by atoms with Gasteiger partial charge in [0, 0.05) is 12.1 Å². The second kappa shape index (κ2) is 7.47. The second-order valence-corrected chi connectivity index (χ2v) is 6.39. The first-order valence-electron chi connectivity index (χ1n) is 8.27. The fourth-order valence-corrected chi connectivity index (χ4v) is 2.41. The normalized spacial score (nSPS) is 15.0. The highest BCUT2D eigenvalue weighted by Gasteiger charge is 2.43. The lowest BCUT2D eigenvalue weighted by Crippen LogP contribution is -2.41. The highest BCUT2D eigenvalue weighted by molar-refractivity contribution is 5.73. The molecule has 0 radical (unpaired) electrons. The summed E-state index contributed by atoms with van der Waals surface area (Å²) in [6.07, 6.45) is -3.20. The number of hydrogen-bond donors (Lipinski definition) is 1. The van der Waals surface area contributed by atoms with Crippen LogP contribution in [-0.4, -0.2) is 34.9 Å². The number of hydrogen-bond acceptors (Lipinski definition) is 6. The van der Waals surface area contributed by atoms with E-state index in [1.807, 2.05) is 0 Å². The fraction of sp³-hybridized carbons (Fsp3) is 0.412. The summed E-state index contributed by atoms with van der Waals surface area (Å²) in [7, 11) is 1.34. The molecular formula is C17H16F3N5O3. The predicted octanol–water partition coefficient (Wildman–Crippen LogP) is 3.13. The van der Waals surface area contributed by atoms with Gasteiger partial charge in [-0.3, -0.25) is 4.84 Å². The maximum absolute atomic E-state index is 12.5. The number of rotatable bonds is 6. The number of amides is 2. The summed E-state index contributed by atoms with van der Waals surface area (Å²) in [6, 6.07) is 7.94. The van der Waals surface area contributed by atoms with E-state index in [0.717, 1.165) is 17.9 Å². The first-order valence-corrected chi connectivity index (χ1v) is 8.27. The summed E-state index contributed by atoms with van der Waals surface area (Å²) in [5.41, 5.74) is 0.527. The van der Waals surface area contributed by atoms with Crippen LogP contribution < -0.4 is 5.32 Å². The molecule has 0 saturated heterocycles. The van der Waals surface area contributed by atoms with Crippen LogP contribution in [0.4, 0.5) is 18.0 Å². The molecule has 3 rings (SSSR count). The zero-order valence-electron chi connectivity index (χ0n) is 14.8. The van der Waals surface area contributed by atoms with E-state index >= 15 is 0 Å². The van der Waals surface area contributed by atoms with Crippen molar-refractivity contribution in [2.75, 3.05) is 13.7 Å². The van der Waals surface area contributed by atoms with Gasteiger partial charge in [0.2, 0.25) is 5.82 Å². The summed E-state index contributed by atoms with van der Waals surface area (Å²) in [5, 5.41) is 16.1. The molecule has 8 nitrogen and oxygen atoms in total. The van der Waals surface area contributed by atoms with Crippen LogP contribution in [0.3, 0.4) is 0 Å². The van der Waals surface area contributed by atoms with E-state index in [-0.39, 0.29) is 18.9 Å². The van der Waals surface area contributed by atoms with Crippen LogP contribution in [0.1, 0.15) is 24.3 Å². The van der Waals surface area contributed by atoms with E-state index in [2.05, 4.69) is 26.0 Å². The van der Waals surface area contributed by atoms with Crippen molar-refractivity contribution in [2.45, 2.75) is 25.6 Å². The van der Waals surface area contributed by atoms with Crippen molar-refractivity contribution in [3.63, 3.8) is 0 Å². The van der Waals surface area contributed by atoms with Crippen molar-refractivity contribution in [1.29, 1.82) is 5.26 Å². The van der Waals surface area contributed by atoms with Crippen molar-refractivity contribution < 1.29 is 27.3 Å². The van der Waals surface area contributed by atoms with Gasteiger partial charge in [-0.2, -0.15) is 28.5 Å². The number of carbonyl (C=O) groups is 1. The van der Waals surface area contributed by atoms with Gasteiger partial charge >= 0.3 is 18.1 Å². The third-order valence-corrected chi connectivity index (χ3v) is 4.32. The van der Waals surface area contributed by atoms with Gasteiger partial charge in [0.05, 0.1) is 25.1 Å². The summed E-state index contributed by atoms with van der Waals surface area (Å²) >= 11 is 0. The first kappa shape index (κ1) is 19.6. The van der Waals surface area contributed by atoms with Crippen LogP contribution in [-0.2, 0) is 17.6 Å². The number of nitriles is 1. The third kappa shape index (κ3) is 4.40. The monoisotopic (exact) mass is 395 g/mol. The maximum atomic E-state index is 12.5. The maximum Gasteiger partial charge on any atom is 0.471 e. The molecule has 2 amide bonds. The van der Waals surface area contributed by atoms with E-state index in [0.29, 0.717) is 11.1 Å². The van der Waals surface area contributed by atoms with Crippen LogP contribution in [0, 0.1) is 16.7 Å². The van der Waals surface area contributed by atoms with Gasteiger partial charge in [-0.1, -0.05) is 29.4 Å². The smallest absolute Gasteiger partial charge is 0.335 e. The molecule has 28 heavy (non-hydrogen) atoms. The van der Waals surface area contributed by atoms with Gasteiger partial charge in [0.15, 0.2) is 0 Å². The molecule has 148 valence electrons. The molecule has 1 aliphatic carbocycles. The Morgan fingerprint density at radius 3 is 2.57 bits per heavy atom. The van der Waals surface area contributed by atoms with Gasteiger partial charge in [0.25, 0.3) is 0 Å². The number of hydroxylamine groups is 2. The Hall–Kier alpha value is -3.13. The molecule has 0 bridgehead atoms. The van der Waals surface area contributed by atoms with Gasteiger partial charge in [-0.05, 0) is 18.4 Å². The predicted molar refractivity (Wildman–Crippen MR) is 88.0 cm³/mol. The lowest BCUT2D eigenvalue weighted by Gasteiger charge is -2.21. The number of nitrogens with zero attached hydrogens (tertiary/aromatic N) is 4. The molecule has 0 atom stereocenters. The van der Waals surface area contributed by atoms with E-state index in [4.69, 9.17) is 10.1 Å². The van der Waals surface area contributed by atoms with Gasteiger partial charge in [0.1, 0.15) is 0 Å². The first-order chi connectivity index (χ1) is 13.3. The molecule has 11 heteroatoms. The van der Waals surface area contributed by atoms with Crippen molar-refractivity contribution in [3.8, 4) is 17.5 Å². The molecular weight excluding hydrogens is 379 g/mol. The Kier molecular flexibility index (Phi) is 5.24. The van der Waals surface area contributed by atoms with Crippen LogP contribution in [0.5, 0.6) is 0 Å². The minimum Gasteiger partial charge on any atom is -0.335 e. The Bertz CT molecular complexity index is 885. The van der Waals surface area contributed by atoms with Crippen LogP contribution in [0.25, 0.3) is 11.4 Å². The topological polar surface area (TPSA) is 104 Å². The van der Waals surface area contributed by atoms with Gasteiger partial charge in [-0.15, -0.1) is 0 Å². The van der Waals surface area contributed by atoms with Crippen LogP contribution in [0.2, 0.25) is 0 Å². The average Bonchev–Trinajstić information content (AvgIpc) is 3.28. The second-order valence-electron chi connectivity index (χ2n) is 6.39. The molecule has 0 unspecified atom stereocenters. The number of alkyl halides is 3. The summed E-state index contributed by atoms with van der Waals surface area (Å²) in [6.45, 7) is 0.350. The molecule has 1 aromatic carbocycles. The fourth-order valence-electron chi connectivity index (χ4n) is 2.41. The van der Waals surface area contributed by atoms with Crippen molar-refractivity contribution in [3.05, 3.63) is 35.7 Å². The molecule has 1 heterocycles. The molecule has 1 N–H and O–H groups in total. The molecule has 1 saturated carbocycles.